The van der Waals surface area contributed by atoms with Gasteiger partial charge in [0.25, 0.3) is 5.91 Å². The summed E-state index contributed by atoms with van der Waals surface area (Å²) in [5.74, 6) is -1.98. The van der Waals surface area contributed by atoms with Crippen molar-refractivity contribution in [1.82, 2.24) is 0 Å². The molecule has 6 nitrogen and oxygen atoms in total. The largest absolute Gasteiger partial charge is 0.508 e. The van der Waals surface area contributed by atoms with Gasteiger partial charge in [0.05, 0.1) is 0 Å². The Hall–Kier alpha value is -1.69. The van der Waals surface area contributed by atoms with Crippen LogP contribution in [0.4, 0.5) is 0 Å². The summed E-state index contributed by atoms with van der Waals surface area (Å²) in [5, 5.41) is 16.5. The molecule has 4 N–H and O–H groups in total. The van der Waals surface area contributed by atoms with E-state index in [1.54, 1.807) is 0 Å². The van der Waals surface area contributed by atoms with Crippen molar-refractivity contribution in [3.8, 4) is 0 Å². The van der Waals surface area contributed by atoms with Gasteiger partial charge in [0, 0.05) is 0 Å². The molecule has 1 fully saturated rings. The molecule has 2 atom stereocenters. The first kappa shape index (κ1) is 7.93. The van der Waals surface area contributed by atoms with E-state index in [1.807, 2.05) is 0 Å². The minimum Gasteiger partial charge on any atom is -0.508 e. The van der Waals surface area contributed by atoms with Crippen LogP contribution in [0.5, 0.6) is 0 Å². The molecule has 0 aromatic carbocycles. The number of carbonyl (C=O) groups excluding carboxylic acids is 2. The molecule has 1 saturated heterocycles. The van der Waals surface area contributed by atoms with Gasteiger partial charge in [-0.05, 0) is 0 Å². The van der Waals surface area contributed by atoms with Crippen LogP contribution >= 0.6 is 0 Å². The Morgan fingerprint density at radius 1 is 1.54 bits per heavy atom. The third-order valence-electron chi connectivity index (χ3n) is 2.02. The summed E-state index contributed by atoms with van der Waals surface area (Å²) in [6, 6.07) is 0. The number of ether oxygens (including phenoxy) is 1. The van der Waals surface area contributed by atoms with Crippen molar-refractivity contribution in [3.63, 3.8) is 0 Å². The number of aliphatic hydroxyl groups is 1. The number of primary amides is 1. The van der Waals surface area contributed by atoms with Crippen LogP contribution in [-0.4, -0.2) is 34.7 Å². The highest BCUT2D eigenvalue weighted by Crippen LogP contribution is 2.35. The number of amides is 1. The average molecular weight is 182 g/mol. The number of ketones is 1. The van der Waals surface area contributed by atoms with Crippen LogP contribution < -0.4 is 5.73 Å². The molecule has 68 valence electrons. The standard InChI is InChI=1S/C7H6N2O4/c8-2-1(7(9)12)3(10)5-6(13-5)4(2)11/h5-6,8,10H,(H2,9,12). The monoisotopic (exact) mass is 182 g/mol. The van der Waals surface area contributed by atoms with Crippen LogP contribution in [0.15, 0.2) is 11.3 Å². The van der Waals surface area contributed by atoms with E-state index in [4.69, 9.17) is 15.9 Å². The lowest BCUT2D eigenvalue weighted by molar-refractivity contribution is -0.116. The van der Waals surface area contributed by atoms with Crippen LogP contribution in [0.1, 0.15) is 0 Å². The molecule has 1 aliphatic carbocycles. The topological polar surface area (TPSA) is 117 Å². The SMILES string of the molecule is N=C1C(=O)C2OC2C(O)=C1C(N)=O. The molecule has 2 aliphatic rings. The van der Waals surface area contributed by atoms with E-state index in [0.717, 1.165) is 0 Å². The highest BCUT2D eigenvalue weighted by molar-refractivity contribution is 6.53. The predicted molar refractivity (Wildman–Crippen MR) is 40.2 cm³/mol. The molecule has 0 aromatic heterocycles. The Balaban J connectivity index is 2.51. The number of fused-ring (bicyclic) bond motifs is 1. The van der Waals surface area contributed by atoms with E-state index in [2.05, 4.69) is 0 Å². The molecule has 1 aliphatic heterocycles. The molecule has 0 spiro atoms. The van der Waals surface area contributed by atoms with Gasteiger partial charge in [0.15, 0.2) is 6.10 Å². The number of epoxide rings is 1. The number of hydrogen-bond acceptors (Lipinski definition) is 5. The molecule has 0 saturated carbocycles. The van der Waals surface area contributed by atoms with Crippen molar-refractivity contribution >= 4 is 17.4 Å². The summed E-state index contributed by atoms with van der Waals surface area (Å²) >= 11 is 0. The molecule has 0 bridgehead atoms. The number of hydrogen-bond donors (Lipinski definition) is 3. The van der Waals surface area contributed by atoms with E-state index >= 15 is 0 Å². The molecule has 6 heteroatoms. The summed E-state index contributed by atoms with van der Waals surface area (Å²) < 4.78 is 4.75. The van der Waals surface area contributed by atoms with E-state index in [9.17, 15) is 14.7 Å². The first-order valence-corrected chi connectivity index (χ1v) is 3.55. The summed E-state index contributed by atoms with van der Waals surface area (Å²) in [4.78, 5) is 21.9. The molecule has 2 unspecified atom stereocenters. The van der Waals surface area contributed by atoms with Crippen molar-refractivity contribution in [2.45, 2.75) is 12.2 Å². The van der Waals surface area contributed by atoms with E-state index in [-0.39, 0.29) is 0 Å². The fourth-order valence-corrected chi connectivity index (χ4v) is 1.30. The Morgan fingerprint density at radius 3 is 2.69 bits per heavy atom. The highest BCUT2D eigenvalue weighted by Gasteiger charge is 2.55. The van der Waals surface area contributed by atoms with Gasteiger partial charge < -0.3 is 15.6 Å². The quantitative estimate of drug-likeness (QED) is 0.434. The van der Waals surface area contributed by atoms with Gasteiger partial charge in [0.2, 0.25) is 5.78 Å². The number of rotatable bonds is 1. The molecular formula is C7H6N2O4. The first-order chi connectivity index (χ1) is 6.04. The van der Waals surface area contributed by atoms with Crippen LogP contribution in [0.2, 0.25) is 0 Å². The maximum atomic E-state index is 11.1. The normalized spacial score (nSPS) is 31.7. The van der Waals surface area contributed by atoms with Crippen molar-refractivity contribution in [3.05, 3.63) is 11.3 Å². The molecule has 0 aromatic rings. The van der Waals surface area contributed by atoms with Gasteiger partial charge in [-0.1, -0.05) is 0 Å². The fourth-order valence-electron chi connectivity index (χ4n) is 1.30. The number of Topliss-reactive ketones (excluding diaryl/α,β-unsaturated/α-hetero) is 1. The minimum atomic E-state index is -0.982. The van der Waals surface area contributed by atoms with Crippen LogP contribution in [0.3, 0.4) is 0 Å². The zero-order valence-corrected chi connectivity index (χ0v) is 6.40. The third-order valence-corrected chi connectivity index (χ3v) is 2.02. The molecule has 0 radical (unpaired) electrons. The predicted octanol–water partition coefficient (Wildman–Crippen LogP) is -1.35. The molecule has 13 heavy (non-hydrogen) atoms. The first-order valence-electron chi connectivity index (χ1n) is 3.55. The average Bonchev–Trinajstić information content (AvgIpc) is 2.79. The lowest BCUT2D eigenvalue weighted by atomic mass is 9.94. The number of carbonyl (C=O) groups is 2. The summed E-state index contributed by atoms with van der Waals surface area (Å²) in [5.41, 5.74) is 3.89. The van der Waals surface area contributed by atoms with Crippen molar-refractivity contribution in [2.24, 2.45) is 5.73 Å². The number of nitrogens with one attached hydrogen (secondary N) is 1. The second-order valence-corrected chi connectivity index (χ2v) is 2.84. The van der Waals surface area contributed by atoms with Crippen molar-refractivity contribution in [1.29, 1.82) is 5.41 Å². The van der Waals surface area contributed by atoms with Gasteiger partial charge in [0.1, 0.15) is 23.1 Å². The van der Waals surface area contributed by atoms with E-state index in [0.29, 0.717) is 0 Å². The highest BCUT2D eigenvalue weighted by atomic mass is 16.6. The smallest absolute Gasteiger partial charge is 0.254 e. The Bertz CT molecular complexity index is 371. The van der Waals surface area contributed by atoms with Gasteiger partial charge in [-0.3, -0.25) is 15.0 Å². The van der Waals surface area contributed by atoms with Crippen molar-refractivity contribution in [2.75, 3.05) is 0 Å². The van der Waals surface area contributed by atoms with Gasteiger partial charge in [-0.25, -0.2) is 0 Å². The number of aliphatic hydroxyl groups excluding tert-OH is 1. The summed E-state index contributed by atoms with van der Waals surface area (Å²) in [7, 11) is 0. The maximum Gasteiger partial charge on any atom is 0.254 e. The van der Waals surface area contributed by atoms with Gasteiger partial charge in [-0.15, -0.1) is 0 Å². The third kappa shape index (κ3) is 0.888. The van der Waals surface area contributed by atoms with Crippen LogP contribution in [0, 0.1) is 5.41 Å². The van der Waals surface area contributed by atoms with Crippen LogP contribution in [-0.2, 0) is 14.3 Å². The van der Waals surface area contributed by atoms with E-state index in [1.165, 1.54) is 0 Å². The van der Waals surface area contributed by atoms with Gasteiger partial charge in [-0.2, -0.15) is 0 Å². The Labute approximate surface area is 72.5 Å². The zero-order valence-electron chi connectivity index (χ0n) is 6.40. The second-order valence-electron chi connectivity index (χ2n) is 2.84. The van der Waals surface area contributed by atoms with E-state index < -0.39 is 40.9 Å². The van der Waals surface area contributed by atoms with Crippen LogP contribution in [0.25, 0.3) is 0 Å². The Kier molecular flexibility index (Phi) is 1.32. The molecule has 1 heterocycles. The lowest BCUT2D eigenvalue weighted by Gasteiger charge is -2.09. The second kappa shape index (κ2) is 2.17. The summed E-state index contributed by atoms with van der Waals surface area (Å²) in [6.07, 6.45) is -1.54. The molecule has 1 amide bonds. The fraction of sp³-hybridized carbons (Fsp3) is 0.286. The van der Waals surface area contributed by atoms with Crippen molar-refractivity contribution < 1.29 is 19.4 Å². The lowest BCUT2D eigenvalue weighted by Crippen LogP contribution is -2.35. The summed E-state index contributed by atoms with van der Waals surface area (Å²) in [6.45, 7) is 0. The van der Waals surface area contributed by atoms with Gasteiger partial charge >= 0.3 is 0 Å². The zero-order chi connectivity index (χ0) is 9.75. The molecule has 2 rings (SSSR count). The minimum absolute atomic E-state index is 0.401. The Morgan fingerprint density at radius 2 is 2.15 bits per heavy atom. The maximum absolute atomic E-state index is 11.1. The number of nitrogens with two attached hydrogens (primary N) is 1. The molecular weight excluding hydrogens is 176 g/mol.